The Balaban J connectivity index is 1.57. The van der Waals surface area contributed by atoms with Crippen LogP contribution in [0.2, 0.25) is 0 Å². The lowest BCUT2D eigenvalue weighted by Crippen LogP contribution is -2.18. The molecule has 0 fully saturated rings. The lowest BCUT2D eigenvalue weighted by atomic mass is 9.80. The topological polar surface area (TPSA) is 0 Å². The van der Waals surface area contributed by atoms with Crippen molar-refractivity contribution in [2.75, 3.05) is 0 Å². The fraction of sp³-hybridized carbons (Fsp3) is 0.400. The predicted octanol–water partition coefficient (Wildman–Crippen LogP) is 5.26. The molecular formula is C20H21Cl. The summed E-state index contributed by atoms with van der Waals surface area (Å²) in [4.78, 5) is 0. The monoisotopic (exact) mass is 296 g/mol. The lowest BCUT2D eigenvalue weighted by Gasteiger charge is -2.28. The van der Waals surface area contributed by atoms with Crippen molar-refractivity contribution in [3.63, 3.8) is 0 Å². The van der Waals surface area contributed by atoms with Gasteiger partial charge < -0.3 is 0 Å². The minimum Gasteiger partial charge on any atom is -0.118 e. The summed E-state index contributed by atoms with van der Waals surface area (Å²) in [6, 6.07) is 15.8. The number of benzene rings is 2. The molecule has 0 N–H and O–H groups in total. The summed E-state index contributed by atoms with van der Waals surface area (Å²) in [5, 5.41) is 0.157. The highest BCUT2D eigenvalue weighted by Gasteiger charge is 2.26. The molecule has 0 heterocycles. The van der Waals surface area contributed by atoms with E-state index < -0.39 is 0 Å². The van der Waals surface area contributed by atoms with Gasteiger partial charge in [-0.1, -0.05) is 42.5 Å². The number of hydrogen-bond donors (Lipinski definition) is 0. The van der Waals surface area contributed by atoms with E-state index >= 15 is 0 Å². The molecule has 108 valence electrons. The van der Waals surface area contributed by atoms with Crippen LogP contribution in [-0.2, 0) is 25.7 Å². The van der Waals surface area contributed by atoms with Crippen LogP contribution in [0.3, 0.4) is 0 Å². The van der Waals surface area contributed by atoms with Gasteiger partial charge in [-0.3, -0.25) is 0 Å². The molecule has 0 nitrogen and oxygen atoms in total. The number of fused-ring (bicyclic) bond motifs is 2. The zero-order chi connectivity index (χ0) is 14.2. The lowest BCUT2D eigenvalue weighted by molar-refractivity contribution is 0.443. The van der Waals surface area contributed by atoms with Gasteiger partial charge in [-0.25, -0.2) is 0 Å². The average molecular weight is 297 g/mol. The highest BCUT2D eigenvalue weighted by atomic mass is 35.5. The third-order valence-corrected chi connectivity index (χ3v) is 5.85. The second-order valence-corrected chi connectivity index (χ2v) is 7.03. The molecule has 2 aliphatic rings. The van der Waals surface area contributed by atoms with Crippen LogP contribution in [0.5, 0.6) is 0 Å². The standard InChI is InChI=1S/C20H21Cl/c21-20(19-11-9-15-6-3-7-17(15)13-19)18-10-8-14-4-1-2-5-16(14)12-18/h1-2,4-5,9,11,13,18,20H,3,6-8,10,12H2. The van der Waals surface area contributed by atoms with Crippen molar-refractivity contribution in [2.24, 2.45) is 5.92 Å². The van der Waals surface area contributed by atoms with Gasteiger partial charge in [-0.05, 0) is 72.3 Å². The van der Waals surface area contributed by atoms with Gasteiger partial charge >= 0.3 is 0 Å². The van der Waals surface area contributed by atoms with Crippen molar-refractivity contribution in [3.05, 3.63) is 70.3 Å². The van der Waals surface area contributed by atoms with Gasteiger partial charge in [-0.2, -0.15) is 0 Å². The summed E-state index contributed by atoms with van der Waals surface area (Å²) in [5.41, 5.74) is 7.43. The van der Waals surface area contributed by atoms with E-state index in [9.17, 15) is 0 Å². The Kier molecular flexibility index (Phi) is 3.51. The Hall–Kier alpha value is -1.27. The largest absolute Gasteiger partial charge is 0.118 e. The molecule has 0 amide bonds. The van der Waals surface area contributed by atoms with Gasteiger partial charge in [0.25, 0.3) is 0 Å². The summed E-state index contributed by atoms with van der Waals surface area (Å²) in [6.45, 7) is 0. The van der Waals surface area contributed by atoms with Gasteiger partial charge in [0.1, 0.15) is 0 Å². The fourth-order valence-corrected chi connectivity index (χ4v) is 4.36. The first-order valence-electron chi connectivity index (χ1n) is 8.14. The molecule has 0 aromatic heterocycles. The summed E-state index contributed by atoms with van der Waals surface area (Å²) in [5.74, 6) is 0.570. The molecule has 0 saturated heterocycles. The second-order valence-electron chi connectivity index (χ2n) is 6.56. The molecule has 2 aromatic carbocycles. The fourth-order valence-electron chi connectivity index (χ4n) is 4.01. The quantitative estimate of drug-likeness (QED) is 0.663. The van der Waals surface area contributed by atoms with Gasteiger partial charge in [0.2, 0.25) is 0 Å². The molecule has 2 atom stereocenters. The maximum absolute atomic E-state index is 6.85. The summed E-state index contributed by atoms with van der Waals surface area (Å²) in [7, 11) is 0. The summed E-state index contributed by atoms with van der Waals surface area (Å²) >= 11 is 6.85. The highest BCUT2D eigenvalue weighted by Crippen LogP contribution is 2.39. The summed E-state index contributed by atoms with van der Waals surface area (Å²) in [6.07, 6.45) is 7.31. The van der Waals surface area contributed by atoms with Crippen LogP contribution in [0, 0.1) is 5.92 Å². The van der Waals surface area contributed by atoms with E-state index in [1.807, 2.05) is 0 Å². The molecule has 0 saturated carbocycles. The maximum Gasteiger partial charge on any atom is 0.0616 e. The first-order valence-corrected chi connectivity index (χ1v) is 8.57. The Morgan fingerprint density at radius 3 is 2.52 bits per heavy atom. The summed E-state index contributed by atoms with van der Waals surface area (Å²) < 4.78 is 0. The number of alkyl halides is 1. The van der Waals surface area contributed by atoms with Crippen LogP contribution in [0.15, 0.2) is 42.5 Å². The van der Waals surface area contributed by atoms with Crippen LogP contribution in [-0.4, -0.2) is 0 Å². The first-order chi connectivity index (χ1) is 10.3. The minimum atomic E-state index is 0.157. The smallest absolute Gasteiger partial charge is 0.0616 e. The maximum atomic E-state index is 6.85. The van der Waals surface area contributed by atoms with E-state index in [0.29, 0.717) is 5.92 Å². The van der Waals surface area contributed by atoms with Crippen molar-refractivity contribution in [1.82, 2.24) is 0 Å². The Morgan fingerprint density at radius 1 is 0.857 bits per heavy atom. The molecule has 0 bridgehead atoms. The molecule has 0 aliphatic heterocycles. The van der Waals surface area contributed by atoms with Crippen molar-refractivity contribution < 1.29 is 0 Å². The van der Waals surface area contributed by atoms with Gasteiger partial charge in [-0.15, -0.1) is 11.6 Å². The van der Waals surface area contributed by atoms with E-state index in [0.717, 1.165) is 6.42 Å². The predicted molar refractivity (Wildman–Crippen MR) is 89.0 cm³/mol. The van der Waals surface area contributed by atoms with Crippen molar-refractivity contribution in [1.29, 1.82) is 0 Å². The molecule has 0 radical (unpaired) electrons. The second kappa shape index (κ2) is 5.50. The average Bonchev–Trinajstić information content (AvgIpc) is 3.01. The molecule has 2 unspecified atom stereocenters. The van der Waals surface area contributed by atoms with Gasteiger partial charge in [0.15, 0.2) is 0 Å². The Bertz CT molecular complexity index is 659. The molecular weight excluding hydrogens is 276 g/mol. The van der Waals surface area contributed by atoms with Gasteiger partial charge in [0.05, 0.1) is 5.38 Å². The van der Waals surface area contributed by atoms with E-state index in [1.54, 1.807) is 0 Å². The Labute approximate surface area is 132 Å². The zero-order valence-electron chi connectivity index (χ0n) is 12.3. The van der Waals surface area contributed by atoms with E-state index in [4.69, 9.17) is 11.6 Å². The number of hydrogen-bond acceptors (Lipinski definition) is 0. The van der Waals surface area contributed by atoms with Crippen molar-refractivity contribution >= 4 is 11.6 Å². The Morgan fingerprint density at radius 2 is 1.62 bits per heavy atom. The van der Waals surface area contributed by atoms with Crippen LogP contribution in [0.25, 0.3) is 0 Å². The zero-order valence-corrected chi connectivity index (χ0v) is 13.1. The number of halogens is 1. The molecule has 1 heteroatoms. The molecule has 2 aromatic rings. The van der Waals surface area contributed by atoms with Crippen LogP contribution < -0.4 is 0 Å². The third-order valence-electron chi connectivity index (χ3n) is 5.24. The van der Waals surface area contributed by atoms with Gasteiger partial charge in [0, 0.05) is 0 Å². The van der Waals surface area contributed by atoms with Crippen LogP contribution in [0.1, 0.15) is 46.0 Å². The van der Waals surface area contributed by atoms with E-state index in [1.165, 1.54) is 59.9 Å². The molecule has 4 rings (SSSR count). The molecule has 0 spiro atoms. The van der Waals surface area contributed by atoms with Crippen LogP contribution >= 0.6 is 11.6 Å². The SMILES string of the molecule is ClC(c1ccc2c(c1)CCC2)C1CCc2ccccc2C1. The van der Waals surface area contributed by atoms with E-state index in [-0.39, 0.29) is 5.38 Å². The number of rotatable bonds is 2. The molecule has 21 heavy (non-hydrogen) atoms. The minimum absolute atomic E-state index is 0.157. The van der Waals surface area contributed by atoms with E-state index in [2.05, 4.69) is 42.5 Å². The van der Waals surface area contributed by atoms with Crippen LogP contribution in [0.4, 0.5) is 0 Å². The van der Waals surface area contributed by atoms with Crippen molar-refractivity contribution in [2.45, 2.75) is 43.9 Å². The molecule has 2 aliphatic carbocycles. The normalized spacial score (nSPS) is 21.7. The third kappa shape index (κ3) is 2.51. The highest BCUT2D eigenvalue weighted by molar-refractivity contribution is 6.21. The number of aryl methyl sites for hydroxylation is 3. The first kappa shape index (κ1) is 13.4. The van der Waals surface area contributed by atoms with Crippen molar-refractivity contribution in [3.8, 4) is 0 Å².